The maximum Gasteiger partial charge on any atom is 0.308 e. The average molecular weight is 1110 g/mol. The zero-order valence-electron chi connectivity index (χ0n) is 46.0. The van der Waals surface area contributed by atoms with Crippen molar-refractivity contribution in [1.82, 2.24) is 35.3 Å². The molecule has 1 unspecified atom stereocenters. The molecule has 0 spiro atoms. The van der Waals surface area contributed by atoms with Crippen molar-refractivity contribution in [2.24, 2.45) is 10.4 Å². The molecular formula is C58H67N9O10S2. The molecule has 3 amide bonds. The molecule has 3 aromatic carbocycles. The summed E-state index contributed by atoms with van der Waals surface area (Å²) in [6, 6.07) is 20.7. The van der Waals surface area contributed by atoms with Crippen molar-refractivity contribution in [2.45, 2.75) is 98.5 Å². The number of benzene rings is 3. The molecule has 79 heavy (non-hydrogen) atoms. The van der Waals surface area contributed by atoms with Crippen LogP contribution in [0.3, 0.4) is 0 Å². The number of carbonyl (C=O) groups is 4. The van der Waals surface area contributed by atoms with Gasteiger partial charge in [-0.2, -0.15) is 5.26 Å². The van der Waals surface area contributed by atoms with Crippen molar-refractivity contribution >= 4 is 52.1 Å². The second-order valence-corrected chi connectivity index (χ2v) is 22.6. The highest BCUT2D eigenvalue weighted by Gasteiger charge is 2.45. The molecule has 416 valence electrons. The Morgan fingerprint density at radius 2 is 1.52 bits per heavy atom. The monoisotopic (exact) mass is 1110 g/mol. The Labute approximate surface area is 468 Å². The van der Waals surface area contributed by atoms with E-state index in [1.807, 2.05) is 106 Å². The smallest absolute Gasteiger partial charge is 0.308 e. The number of thiophene rings is 1. The summed E-state index contributed by atoms with van der Waals surface area (Å²) in [5, 5.41) is 36.3. The highest BCUT2D eigenvalue weighted by molar-refractivity contribution is 7.15. The van der Waals surface area contributed by atoms with Crippen molar-refractivity contribution in [2.75, 3.05) is 59.9 Å². The highest BCUT2D eigenvalue weighted by atomic mass is 32.1. The molecule has 2 aliphatic heterocycles. The van der Waals surface area contributed by atoms with Crippen LogP contribution in [0.5, 0.6) is 5.75 Å². The van der Waals surface area contributed by atoms with Crippen LogP contribution in [0.15, 0.2) is 77.2 Å². The molecule has 5 heterocycles. The van der Waals surface area contributed by atoms with E-state index < -0.39 is 47.4 Å². The van der Waals surface area contributed by atoms with Crippen LogP contribution in [-0.2, 0) is 38.1 Å². The molecule has 19 nitrogen and oxygen atoms in total. The summed E-state index contributed by atoms with van der Waals surface area (Å²) in [4.78, 5) is 66.5. The first-order valence-electron chi connectivity index (χ1n) is 26.1. The third-order valence-electron chi connectivity index (χ3n) is 13.9. The van der Waals surface area contributed by atoms with E-state index in [4.69, 9.17) is 28.7 Å². The molecule has 1 fully saturated rings. The molecule has 3 N–H and O–H groups in total. The number of fused-ring (bicyclic) bond motifs is 3. The summed E-state index contributed by atoms with van der Waals surface area (Å²) < 4.78 is 29.8. The van der Waals surface area contributed by atoms with Crippen molar-refractivity contribution in [3.05, 3.63) is 122 Å². The predicted molar refractivity (Wildman–Crippen MR) is 299 cm³/mol. The molecule has 0 saturated carbocycles. The number of nitrogens with zero attached hydrogens (tertiary/aromatic N) is 7. The van der Waals surface area contributed by atoms with Gasteiger partial charge in [-0.3, -0.25) is 28.7 Å². The van der Waals surface area contributed by atoms with Gasteiger partial charge in [-0.1, -0.05) is 75.4 Å². The number of methoxy groups -OCH3 is 1. The van der Waals surface area contributed by atoms with Gasteiger partial charge in [0.1, 0.15) is 54.0 Å². The number of ether oxygens (including phenoxy) is 5. The summed E-state index contributed by atoms with van der Waals surface area (Å²) in [6.45, 7) is 16.3. The molecule has 3 aromatic heterocycles. The lowest BCUT2D eigenvalue weighted by molar-refractivity contribution is -0.144. The molecule has 5 atom stereocenters. The standard InChI is InChI=1S/C58H67N9O10S2/c1-33-36(4)79-57-50(33)51(62-45(28-49(70)73-9)54-65-64-37(5)67(54)57)40-14-12-39(13-15-40)42-18-19-47(43(26-42)29-59)77-25-24-75-21-20-74-22-23-76-31-48(69)63-53(58(6,7)8)56(72)66-30-44(68)27-46(66)55(71)61-34(2)38-10-16-41(17-11-38)52-35(3)60-32-78-52/h10-19,26,32,34,44-46,53,68H,20-25,27-28,30-31H2,1-9H3,(H,61,71)(H,63,69)/t34-,44+,45-,46-,53?/m0/s1. The Kier molecular flexibility index (Phi) is 18.9. The van der Waals surface area contributed by atoms with Crippen LogP contribution in [0.1, 0.15) is 103 Å². The fraction of sp³-hybridized carbons (Fsp3) is 0.431. The minimum atomic E-state index is -0.997. The molecule has 2 aliphatic rings. The number of nitrogens with one attached hydrogen (secondary N) is 2. The van der Waals surface area contributed by atoms with Crippen LogP contribution in [0.4, 0.5) is 0 Å². The number of hydrogen-bond acceptors (Lipinski definition) is 17. The van der Waals surface area contributed by atoms with Gasteiger partial charge < -0.3 is 44.3 Å². The van der Waals surface area contributed by atoms with Gasteiger partial charge in [-0.15, -0.1) is 32.9 Å². The van der Waals surface area contributed by atoms with Crippen LogP contribution >= 0.6 is 22.7 Å². The minimum absolute atomic E-state index is 0.0110. The SMILES string of the molecule is COC(=O)C[C@@H]1N=C(c2ccc(-c3ccc(OCCOCCOCCOCC(=O)NC(C(=O)N4C[C@H](O)C[C@H]4C(=O)N[C@@H](C)c4ccc(-c5scnc5C)cc4)C(C)(C)C)c(C#N)c3)cc2)c2c(sc(C)c2C)-n2c(C)nnc21. The molecule has 1 saturated heterocycles. The van der Waals surface area contributed by atoms with Crippen molar-refractivity contribution in [3.63, 3.8) is 0 Å². The second-order valence-electron chi connectivity index (χ2n) is 20.6. The molecule has 21 heteroatoms. The number of amides is 3. The Balaban J connectivity index is 0.748. The number of aliphatic hydroxyl groups excluding tert-OH is 1. The van der Waals surface area contributed by atoms with Gasteiger partial charge in [-0.25, -0.2) is 4.98 Å². The van der Waals surface area contributed by atoms with Crippen LogP contribution in [-0.4, -0.2) is 137 Å². The maximum atomic E-state index is 14.1. The number of nitriles is 1. The number of hydrogen-bond donors (Lipinski definition) is 3. The number of β-amino-alcohol motifs (C(OH)–C–C–N with tert-alkyl or cyclic N) is 1. The van der Waals surface area contributed by atoms with E-state index in [0.29, 0.717) is 23.0 Å². The molecule has 6 aromatic rings. The fourth-order valence-electron chi connectivity index (χ4n) is 9.54. The number of esters is 1. The predicted octanol–water partition coefficient (Wildman–Crippen LogP) is 7.48. The lowest BCUT2D eigenvalue weighted by Crippen LogP contribution is -2.58. The number of aryl methyl sites for hydroxylation is 3. The topological polar surface area (TPSA) is 242 Å². The Morgan fingerprint density at radius 3 is 2.18 bits per heavy atom. The molecule has 0 bridgehead atoms. The summed E-state index contributed by atoms with van der Waals surface area (Å²) >= 11 is 3.20. The third-order valence-corrected chi connectivity index (χ3v) is 16.1. The summed E-state index contributed by atoms with van der Waals surface area (Å²) in [6.07, 6.45) is -0.812. The van der Waals surface area contributed by atoms with Gasteiger partial charge >= 0.3 is 5.97 Å². The largest absolute Gasteiger partial charge is 0.490 e. The molecule has 8 rings (SSSR count). The van der Waals surface area contributed by atoms with E-state index in [1.54, 1.807) is 34.8 Å². The Morgan fingerprint density at radius 1 is 0.861 bits per heavy atom. The van der Waals surface area contributed by atoms with Crippen LogP contribution < -0.4 is 15.4 Å². The maximum absolute atomic E-state index is 14.1. The Bertz CT molecular complexity index is 3230. The van der Waals surface area contributed by atoms with E-state index in [1.165, 1.54) is 12.0 Å². The van der Waals surface area contributed by atoms with Crippen molar-refractivity contribution < 1.29 is 48.0 Å². The quantitative estimate of drug-likeness (QED) is 0.0441. The number of aromatic nitrogens is 4. The minimum Gasteiger partial charge on any atom is -0.490 e. The van der Waals surface area contributed by atoms with Gasteiger partial charge in [0.15, 0.2) is 5.82 Å². The lowest BCUT2D eigenvalue weighted by Gasteiger charge is -2.35. The van der Waals surface area contributed by atoms with Crippen LogP contribution in [0.2, 0.25) is 0 Å². The first kappa shape index (κ1) is 58.0. The van der Waals surface area contributed by atoms with Crippen molar-refractivity contribution in [3.8, 4) is 38.4 Å². The van der Waals surface area contributed by atoms with Gasteiger partial charge in [0.25, 0.3) is 0 Å². The lowest BCUT2D eigenvalue weighted by atomic mass is 9.85. The third kappa shape index (κ3) is 13.6. The van der Waals surface area contributed by atoms with E-state index in [-0.39, 0.29) is 77.6 Å². The van der Waals surface area contributed by atoms with Gasteiger partial charge in [0.05, 0.1) is 86.1 Å². The number of aliphatic hydroxyl groups is 1. The molecule has 0 aliphatic carbocycles. The van der Waals surface area contributed by atoms with E-state index in [9.17, 15) is 29.5 Å². The first-order valence-corrected chi connectivity index (χ1v) is 27.8. The molecule has 0 radical (unpaired) electrons. The summed E-state index contributed by atoms with van der Waals surface area (Å²) in [7, 11) is 1.36. The van der Waals surface area contributed by atoms with Gasteiger partial charge in [0.2, 0.25) is 17.7 Å². The fourth-order valence-corrected chi connectivity index (χ4v) is 11.6. The molecular weight excluding hydrogens is 1050 g/mol. The zero-order chi connectivity index (χ0) is 56.5. The van der Waals surface area contributed by atoms with E-state index in [2.05, 4.69) is 45.7 Å². The van der Waals surface area contributed by atoms with Crippen LogP contribution in [0, 0.1) is 44.4 Å². The Hall–Kier alpha value is -7.19. The van der Waals surface area contributed by atoms with Crippen molar-refractivity contribution in [1.29, 1.82) is 5.26 Å². The van der Waals surface area contributed by atoms with E-state index in [0.717, 1.165) is 65.1 Å². The number of carbonyl (C=O) groups excluding carboxylic acids is 4. The highest BCUT2D eigenvalue weighted by Crippen LogP contribution is 2.40. The van der Waals surface area contributed by atoms with Gasteiger partial charge in [-0.05, 0) is 80.0 Å². The number of thiazole rings is 1. The number of aliphatic imine (C=N–C) groups is 1. The first-order chi connectivity index (χ1) is 37.9. The number of rotatable bonds is 22. The van der Waals surface area contributed by atoms with Crippen LogP contribution in [0.25, 0.3) is 26.6 Å². The summed E-state index contributed by atoms with van der Waals surface area (Å²) in [5.74, 6) is -0.0374. The number of likely N-dealkylation sites (tertiary alicyclic amines) is 1. The zero-order valence-corrected chi connectivity index (χ0v) is 47.6. The average Bonchev–Trinajstić information content (AvgIpc) is 4.40. The normalized spacial score (nSPS) is 16.7. The second kappa shape index (κ2) is 25.7. The van der Waals surface area contributed by atoms with Gasteiger partial charge in [0, 0.05) is 29.0 Å². The van der Waals surface area contributed by atoms with E-state index >= 15 is 0 Å². The summed E-state index contributed by atoms with van der Waals surface area (Å²) in [5.41, 5.74) is 9.73.